The number of rotatable bonds is 2. The highest BCUT2D eigenvalue weighted by Crippen LogP contribution is 2.34. The second-order valence-corrected chi connectivity index (χ2v) is 8.54. The summed E-state index contributed by atoms with van der Waals surface area (Å²) in [6.45, 7) is 6.40. The molecule has 0 radical (unpaired) electrons. The van der Waals surface area contributed by atoms with Crippen LogP contribution in [0.2, 0.25) is 0 Å². The highest BCUT2D eigenvalue weighted by atomic mass is 16.4. The second-order valence-electron chi connectivity index (χ2n) is 8.54. The van der Waals surface area contributed by atoms with Crippen LogP contribution in [0, 0.1) is 0 Å². The number of H-pyrrole nitrogens is 1. The number of fused-ring (bicyclic) bond motifs is 2. The van der Waals surface area contributed by atoms with E-state index in [9.17, 15) is 4.79 Å². The summed E-state index contributed by atoms with van der Waals surface area (Å²) in [6, 6.07) is 9.61. The fourth-order valence-corrected chi connectivity index (χ4v) is 3.78. The van der Waals surface area contributed by atoms with Crippen molar-refractivity contribution >= 4 is 16.7 Å². The first-order valence-electron chi connectivity index (χ1n) is 9.93. The summed E-state index contributed by atoms with van der Waals surface area (Å²) >= 11 is 0. The number of aromatic nitrogens is 5. The molecule has 4 heterocycles. The van der Waals surface area contributed by atoms with Crippen LogP contribution in [0.3, 0.4) is 0 Å². The molecular weight excluding hydrogens is 380 g/mol. The van der Waals surface area contributed by atoms with Crippen molar-refractivity contribution in [3.63, 3.8) is 0 Å². The molecule has 152 valence electrons. The molecule has 8 heteroatoms. The van der Waals surface area contributed by atoms with E-state index in [0.717, 1.165) is 27.9 Å². The third-order valence-corrected chi connectivity index (χ3v) is 5.37. The van der Waals surface area contributed by atoms with Crippen molar-refractivity contribution < 1.29 is 9.21 Å². The number of hydrogen-bond acceptors (Lipinski definition) is 6. The predicted molar refractivity (Wildman–Crippen MR) is 110 cm³/mol. The zero-order valence-corrected chi connectivity index (χ0v) is 17.1. The van der Waals surface area contributed by atoms with Crippen molar-refractivity contribution in [3.05, 3.63) is 71.7 Å². The van der Waals surface area contributed by atoms with E-state index in [1.807, 2.05) is 57.3 Å². The van der Waals surface area contributed by atoms with Gasteiger partial charge in [0.2, 0.25) is 5.89 Å². The van der Waals surface area contributed by atoms with Crippen molar-refractivity contribution in [3.8, 4) is 0 Å². The van der Waals surface area contributed by atoms with Crippen LogP contribution in [-0.2, 0) is 11.8 Å². The van der Waals surface area contributed by atoms with E-state index < -0.39 is 6.04 Å². The average molecular weight is 402 g/mol. The number of carbonyl (C=O) groups is 1. The quantitative estimate of drug-likeness (QED) is 0.551. The van der Waals surface area contributed by atoms with Gasteiger partial charge in [-0.05, 0) is 11.5 Å². The molecule has 1 amide bonds. The zero-order valence-electron chi connectivity index (χ0n) is 17.1. The predicted octanol–water partition coefficient (Wildman–Crippen LogP) is 3.43. The maximum atomic E-state index is 13.4. The second kappa shape index (κ2) is 6.76. The van der Waals surface area contributed by atoms with Crippen molar-refractivity contribution in [2.45, 2.75) is 38.6 Å². The van der Waals surface area contributed by atoms with E-state index in [0.29, 0.717) is 18.9 Å². The van der Waals surface area contributed by atoms with Gasteiger partial charge in [-0.3, -0.25) is 9.78 Å². The lowest BCUT2D eigenvalue weighted by Crippen LogP contribution is -2.41. The maximum Gasteiger partial charge on any atom is 0.312 e. The molecular formula is C22H22N6O2. The minimum absolute atomic E-state index is 0.00954. The van der Waals surface area contributed by atoms with Crippen LogP contribution < -0.4 is 0 Å². The summed E-state index contributed by atoms with van der Waals surface area (Å²) in [5.41, 5.74) is 2.24. The average Bonchev–Trinajstić information content (AvgIpc) is 3.41. The number of hydrogen-bond donors (Lipinski definition) is 1. The van der Waals surface area contributed by atoms with Gasteiger partial charge in [-0.25, -0.2) is 4.98 Å². The van der Waals surface area contributed by atoms with Crippen molar-refractivity contribution in [2.75, 3.05) is 6.54 Å². The van der Waals surface area contributed by atoms with Gasteiger partial charge >= 0.3 is 11.8 Å². The van der Waals surface area contributed by atoms with E-state index in [1.54, 1.807) is 11.2 Å². The summed E-state index contributed by atoms with van der Waals surface area (Å²) < 4.78 is 5.72. The van der Waals surface area contributed by atoms with Crippen LogP contribution in [0.5, 0.6) is 0 Å². The molecule has 0 saturated carbocycles. The number of carbonyl (C=O) groups excluding carboxylic acids is 1. The van der Waals surface area contributed by atoms with Crippen LogP contribution in [0.4, 0.5) is 0 Å². The fourth-order valence-electron chi connectivity index (χ4n) is 3.78. The first-order chi connectivity index (χ1) is 14.4. The summed E-state index contributed by atoms with van der Waals surface area (Å²) in [7, 11) is 0. The molecule has 0 fully saturated rings. The van der Waals surface area contributed by atoms with Gasteiger partial charge in [0, 0.05) is 35.7 Å². The Morgan fingerprint density at radius 3 is 2.73 bits per heavy atom. The molecule has 3 aromatic heterocycles. The number of aromatic amines is 1. The third kappa shape index (κ3) is 3.04. The Morgan fingerprint density at radius 1 is 1.17 bits per heavy atom. The van der Waals surface area contributed by atoms with Gasteiger partial charge in [-0.15, -0.1) is 10.2 Å². The van der Waals surface area contributed by atoms with Gasteiger partial charge in [0.1, 0.15) is 6.04 Å². The Balaban J connectivity index is 1.58. The van der Waals surface area contributed by atoms with Gasteiger partial charge in [-0.2, -0.15) is 0 Å². The summed E-state index contributed by atoms with van der Waals surface area (Å²) in [5.74, 6) is 0.111. The maximum absolute atomic E-state index is 13.4. The highest BCUT2D eigenvalue weighted by Gasteiger charge is 2.38. The first-order valence-corrected chi connectivity index (χ1v) is 9.93. The Labute approximate surface area is 173 Å². The van der Waals surface area contributed by atoms with Crippen LogP contribution in [0.15, 0.2) is 47.3 Å². The first kappa shape index (κ1) is 18.5. The fraction of sp³-hybridized carbons (Fsp3) is 0.318. The van der Waals surface area contributed by atoms with E-state index >= 15 is 0 Å². The molecule has 4 aromatic rings. The van der Waals surface area contributed by atoms with Crippen LogP contribution in [0.25, 0.3) is 10.8 Å². The van der Waals surface area contributed by atoms with Crippen molar-refractivity contribution in [1.29, 1.82) is 0 Å². The number of pyridine rings is 1. The molecule has 1 N–H and O–H groups in total. The molecule has 0 saturated heterocycles. The SMILES string of the molecule is CC(C)(C)c1nnc(C(=O)N2CCc3[nH]cnc3[C@H]2c2cc3ccccc3cn2)o1. The molecule has 0 spiro atoms. The van der Waals surface area contributed by atoms with E-state index in [-0.39, 0.29) is 17.2 Å². The zero-order chi connectivity index (χ0) is 20.9. The number of imidazole rings is 1. The lowest BCUT2D eigenvalue weighted by molar-refractivity contribution is 0.0642. The van der Waals surface area contributed by atoms with Gasteiger partial charge in [0.25, 0.3) is 0 Å². The Hall–Kier alpha value is -3.55. The molecule has 30 heavy (non-hydrogen) atoms. The van der Waals surface area contributed by atoms with Crippen LogP contribution >= 0.6 is 0 Å². The topological polar surface area (TPSA) is 101 Å². The molecule has 1 aromatic carbocycles. The highest BCUT2D eigenvalue weighted by molar-refractivity contribution is 5.90. The van der Waals surface area contributed by atoms with Gasteiger partial charge < -0.3 is 14.3 Å². The Bertz CT molecular complexity index is 1240. The molecule has 0 unspecified atom stereocenters. The van der Waals surface area contributed by atoms with Crippen LogP contribution in [-0.4, -0.2) is 42.5 Å². The monoisotopic (exact) mass is 402 g/mol. The molecule has 0 aliphatic carbocycles. The van der Waals surface area contributed by atoms with E-state index in [4.69, 9.17) is 4.42 Å². The third-order valence-electron chi connectivity index (χ3n) is 5.37. The molecule has 1 atom stereocenters. The smallest absolute Gasteiger partial charge is 0.312 e. The molecule has 1 aliphatic heterocycles. The van der Waals surface area contributed by atoms with Gasteiger partial charge in [0.05, 0.1) is 17.7 Å². The van der Waals surface area contributed by atoms with Crippen molar-refractivity contribution in [2.24, 2.45) is 0 Å². The normalized spacial score (nSPS) is 16.6. The molecule has 0 bridgehead atoms. The van der Waals surface area contributed by atoms with Gasteiger partial charge in [0.15, 0.2) is 0 Å². The number of nitrogens with one attached hydrogen (secondary N) is 1. The number of nitrogens with zero attached hydrogens (tertiary/aromatic N) is 5. The van der Waals surface area contributed by atoms with E-state index in [2.05, 4.69) is 25.1 Å². The standard InChI is InChI=1S/C22H22N6O2/c1-22(2,3)21-27-26-19(30-21)20(29)28-9-8-15-17(25-12-24-15)18(28)16-10-13-6-4-5-7-14(13)11-23-16/h4-7,10-12,18H,8-9H2,1-3H3,(H,24,25)/t18-/m1/s1. The lowest BCUT2D eigenvalue weighted by Gasteiger charge is -2.33. The van der Waals surface area contributed by atoms with E-state index in [1.165, 1.54) is 0 Å². The Morgan fingerprint density at radius 2 is 1.97 bits per heavy atom. The Kier molecular flexibility index (Phi) is 4.16. The largest absolute Gasteiger partial charge is 0.416 e. The summed E-state index contributed by atoms with van der Waals surface area (Å²) in [4.78, 5) is 27.5. The van der Waals surface area contributed by atoms with Gasteiger partial charge in [-0.1, -0.05) is 45.0 Å². The lowest BCUT2D eigenvalue weighted by atomic mass is 9.97. The molecule has 8 nitrogen and oxygen atoms in total. The molecule has 1 aliphatic rings. The van der Waals surface area contributed by atoms with Crippen molar-refractivity contribution in [1.82, 2.24) is 30.0 Å². The summed E-state index contributed by atoms with van der Waals surface area (Å²) in [5, 5.41) is 10.2. The minimum Gasteiger partial charge on any atom is -0.416 e. The summed E-state index contributed by atoms with van der Waals surface area (Å²) in [6.07, 6.45) is 4.17. The minimum atomic E-state index is -0.429. The molecule has 5 rings (SSSR count). The number of benzene rings is 1. The van der Waals surface area contributed by atoms with Crippen LogP contribution in [0.1, 0.15) is 60.5 Å². The number of amides is 1.